The number of urea groups is 1. The van der Waals surface area contributed by atoms with Crippen LogP contribution in [-0.2, 0) is 9.53 Å². The van der Waals surface area contributed by atoms with Crippen molar-refractivity contribution >= 4 is 17.9 Å². The fourth-order valence-corrected chi connectivity index (χ4v) is 1.75. The second kappa shape index (κ2) is 5.37. The summed E-state index contributed by atoms with van der Waals surface area (Å²) < 4.78 is 5.04. The molecule has 2 heterocycles. The number of aromatic nitrogens is 3. The molecule has 1 aromatic heterocycles. The van der Waals surface area contributed by atoms with E-state index in [0.29, 0.717) is 11.4 Å². The fraction of sp³-hybridized carbons (Fsp3) is 0.545. The standard InChI is InChI=1S/C11H15N5O4/c1-6-7(2)15-16-9(12-6)13-10(19)14-11(8(17)18)3-4-20-5-11/h3-5H2,1-2H3,(H,17,18)(H2,12,13,14,16,19). The highest BCUT2D eigenvalue weighted by Gasteiger charge is 2.44. The van der Waals surface area contributed by atoms with Gasteiger partial charge in [0.25, 0.3) is 5.95 Å². The van der Waals surface area contributed by atoms with Gasteiger partial charge in [-0.05, 0) is 13.8 Å². The maximum absolute atomic E-state index is 11.8. The minimum atomic E-state index is -1.41. The van der Waals surface area contributed by atoms with Crippen LogP contribution in [0.25, 0.3) is 0 Å². The molecule has 0 saturated carbocycles. The first-order valence-corrected chi connectivity index (χ1v) is 6.01. The molecule has 1 aliphatic heterocycles. The summed E-state index contributed by atoms with van der Waals surface area (Å²) in [5.41, 5.74) is -0.119. The summed E-state index contributed by atoms with van der Waals surface area (Å²) in [6.07, 6.45) is 0.210. The number of carboxylic acid groups (broad SMARTS) is 1. The second-order valence-corrected chi connectivity index (χ2v) is 4.58. The molecule has 2 rings (SSSR count). The Kier molecular flexibility index (Phi) is 3.79. The lowest BCUT2D eigenvalue weighted by molar-refractivity contribution is -0.144. The molecule has 0 spiro atoms. The van der Waals surface area contributed by atoms with Crippen molar-refractivity contribution in [3.8, 4) is 0 Å². The third-order valence-corrected chi connectivity index (χ3v) is 3.10. The van der Waals surface area contributed by atoms with E-state index in [4.69, 9.17) is 4.74 Å². The Morgan fingerprint density at radius 2 is 2.05 bits per heavy atom. The van der Waals surface area contributed by atoms with Gasteiger partial charge in [0.2, 0.25) is 0 Å². The van der Waals surface area contributed by atoms with Crippen molar-refractivity contribution in [1.29, 1.82) is 0 Å². The molecule has 9 nitrogen and oxygen atoms in total. The van der Waals surface area contributed by atoms with Crippen LogP contribution in [0.3, 0.4) is 0 Å². The Labute approximate surface area is 114 Å². The number of nitrogens with one attached hydrogen (secondary N) is 2. The number of hydrogen-bond acceptors (Lipinski definition) is 6. The Balaban J connectivity index is 2.04. The van der Waals surface area contributed by atoms with Crippen LogP contribution in [0.15, 0.2) is 0 Å². The molecule has 20 heavy (non-hydrogen) atoms. The zero-order chi connectivity index (χ0) is 14.8. The van der Waals surface area contributed by atoms with Crippen molar-refractivity contribution in [2.24, 2.45) is 0 Å². The average Bonchev–Trinajstić information content (AvgIpc) is 2.83. The monoisotopic (exact) mass is 281 g/mol. The first kappa shape index (κ1) is 14.1. The van der Waals surface area contributed by atoms with Crippen molar-refractivity contribution in [3.63, 3.8) is 0 Å². The van der Waals surface area contributed by atoms with Gasteiger partial charge < -0.3 is 15.2 Å². The van der Waals surface area contributed by atoms with Crippen LogP contribution in [0.4, 0.5) is 10.7 Å². The lowest BCUT2D eigenvalue weighted by atomic mass is 9.99. The van der Waals surface area contributed by atoms with Gasteiger partial charge in [0, 0.05) is 13.0 Å². The first-order valence-electron chi connectivity index (χ1n) is 6.01. The quantitative estimate of drug-likeness (QED) is 0.703. The minimum absolute atomic E-state index is 0.0186. The number of amides is 2. The van der Waals surface area contributed by atoms with Gasteiger partial charge in [0.15, 0.2) is 5.54 Å². The molecule has 3 N–H and O–H groups in total. The molecule has 1 saturated heterocycles. The van der Waals surface area contributed by atoms with E-state index in [0.717, 1.165) is 0 Å². The predicted molar refractivity (Wildman–Crippen MR) is 67.3 cm³/mol. The van der Waals surface area contributed by atoms with Gasteiger partial charge in [0.1, 0.15) is 0 Å². The summed E-state index contributed by atoms with van der Waals surface area (Å²) >= 11 is 0. The van der Waals surface area contributed by atoms with E-state index in [1.54, 1.807) is 13.8 Å². The predicted octanol–water partition coefficient (Wildman–Crippen LogP) is -0.146. The lowest BCUT2D eigenvalue weighted by Crippen LogP contribution is -2.56. The van der Waals surface area contributed by atoms with Gasteiger partial charge in [-0.2, -0.15) is 5.10 Å². The zero-order valence-electron chi connectivity index (χ0n) is 11.1. The Morgan fingerprint density at radius 3 is 2.60 bits per heavy atom. The largest absolute Gasteiger partial charge is 0.479 e. The van der Waals surface area contributed by atoms with E-state index in [2.05, 4.69) is 25.8 Å². The SMILES string of the molecule is Cc1nnc(NC(=O)NC2(C(=O)O)CCOC2)nc1C. The third-order valence-electron chi connectivity index (χ3n) is 3.10. The minimum Gasteiger partial charge on any atom is -0.479 e. The van der Waals surface area contributed by atoms with Crippen molar-refractivity contribution in [2.75, 3.05) is 18.5 Å². The van der Waals surface area contributed by atoms with Crippen molar-refractivity contribution in [1.82, 2.24) is 20.5 Å². The van der Waals surface area contributed by atoms with Gasteiger partial charge in [-0.3, -0.25) is 5.32 Å². The van der Waals surface area contributed by atoms with E-state index in [1.807, 2.05) is 0 Å². The summed E-state index contributed by atoms with van der Waals surface area (Å²) in [6, 6.07) is -0.706. The van der Waals surface area contributed by atoms with Crippen LogP contribution in [0.1, 0.15) is 17.8 Å². The van der Waals surface area contributed by atoms with Gasteiger partial charge in [-0.25, -0.2) is 14.6 Å². The second-order valence-electron chi connectivity index (χ2n) is 4.58. The molecule has 2 amide bonds. The number of ether oxygens (including phenoxy) is 1. The number of rotatable bonds is 3. The molecule has 1 aliphatic rings. The highest BCUT2D eigenvalue weighted by atomic mass is 16.5. The number of carboxylic acids is 1. The number of aliphatic carboxylic acids is 1. The van der Waals surface area contributed by atoms with Crippen molar-refractivity contribution in [2.45, 2.75) is 25.8 Å². The summed E-state index contributed by atoms with van der Waals surface area (Å²) in [6.45, 7) is 3.70. The fourth-order valence-electron chi connectivity index (χ4n) is 1.75. The highest BCUT2D eigenvalue weighted by Crippen LogP contribution is 2.19. The topological polar surface area (TPSA) is 126 Å². The van der Waals surface area contributed by atoms with Gasteiger partial charge in [-0.1, -0.05) is 0 Å². The number of nitrogens with zero attached hydrogens (tertiary/aromatic N) is 3. The molecule has 1 unspecified atom stereocenters. The summed E-state index contributed by atoms with van der Waals surface area (Å²) in [5.74, 6) is -1.12. The van der Waals surface area contributed by atoms with Crippen LogP contribution in [0.2, 0.25) is 0 Å². The summed E-state index contributed by atoms with van der Waals surface area (Å²) in [5, 5.41) is 21.5. The normalized spacial score (nSPS) is 21.5. The molecule has 1 atom stereocenters. The highest BCUT2D eigenvalue weighted by molar-refractivity contribution is 5.93. The Hall–Kier alpha value is -2.29. The van der Waals surface area contributed by atoms with Gasteiger partial charge in [0.05, 0.1) is 18.0 Å². The molecular formula is C11H15N5O4. The molecular weight excluding hydrogens is 266 g/mol. The van der Waals surface area contributed by atoms with Crippen molar-refractivity contribution in [3.05, 3.63) is 11.4 Å². The van der Waals surface area contributed by atoms with E-state index < -0.39 is 17.5 Å². The molecule has 9 heteroatoms. The summed E-state index contributed by atoms with van der Waals surface area (Å²) in [4.78, 5) is 27.1. The Morgan fingerprint density at radius 1 is 1.30 bits per heavy atom. The first-order chi connectivity index (χ1) is 9.43. The van der Waals surface area contributed by atoms with Crippen LogP contribution in [-0.4, -0.2) is 51.0 Å². The molecule has 1 aromatic rings. The molecule has 0 aromatic carbocycles. The van der Waals surface area contributed by atoms with E-state index in [1.165, 1.54) is 0 Å². The third kappa shape index (κ3) is 2.82. The molecule has 1 fully saturated rings. The van der Waals surface area contributed by atoms with Gasteiger partial charge >= 0.3 is 12.0 Å². The zero-order valence-corrected chi connectivity index (χ0v) is 11.1. The van der Waals surface area contributed by atoms with Gasteiger partial charge in [-0.15, -0.1) is 5.10 Å². The Bertz CT molecular complexity index is 542. The van der Waals surface area contributed by atoms with Crippen molar-refractivity contribution < 1.29 is 19.4 Å². The van der Waals surface area contributed by atoms with Crippen LogP contribution in [0, 0.1) is 13.8 Å². The number of aryl methyl sites for hydroxylation is 2. The number of hydrogen-bond donors (Lipinski definition) is 3. The van der Waals surface area contributed by atoms with E-state index >= 15 is 0 Å². The smallest absolute Gasteiger partial charge is 0.332 e. The average molecular weight is 281 g/mol. The lowest BCUT2D eigenvalue weighted by Gasteiger charge is -2.23. The van der Waals surface area contributed by atoms with E-state index in [-0.39, 0.29) is 25.6 Å². The number of anilines is 1. The molecule has 0 bridgehead atoms. The van der Waals surface area contributed by atoms with Crippen LogP contribution >= 0.6 is 0 Å². The van der Waals surface area contributed by atoms with Crippen LogP contribution in [0.5, 0.6) is 0 Å². The maximum atomic E-state index is 11.8. The summed E-state index contributed by atoms with van der Waals surface area (Å²) in [7, 11) is 0. The van der Waals surface area contributed by atoms with Crippen LogP contribution < -0.4 is 10.6 Å². The van der Waals surface area contributed by atoms with E-state index in [9.17, 15) is 14.7 Å². The number of carbonyl (C=O) groups is 2. The molecule has 0 aliphatic carbocycles. The molecule has 0 radical (unpaired) electrons. The number of carbonyl (C=O) groups excluding carboxylic acids is 1. The maximum Gasteiger partial charge on any atom is 0.332 e. The molecule has 108 valence electrons.